The Morgan fingerprint density at radius 2 is 1.79 bits per heavy atom. The molecule has 0 saturated carbocycles. The number of carbonyl (C=O) groups is 2. The molecule has 0 bridgehead atoms. The van der Waals surface area contributed by atoms with Gasteiger partial charge in [-0.3, -0.25) is 20.4 Å². The molecule has 0 aromatic heterocycles. The van der Waals surface area contributed by atoms with E-state index >= 15 is 0 Å². The second kappa shape index (κ2) is 11.9. The third kappa shape index (κ3) is 8.17. The van der Waals surface area contributed by atoms with Crippen LogP contribution in [-0.4, -0.2) is 18.4 Å². The molecule has 0 radical (unpaired) electrons. The van der Waals surface area contributed by atoms with Crippen LogP contribution in [0.3, 0.4) is 0 Å². The van der Waals surface area contributed by atoms with Crippen LogP contribution in [0.4, 0.5) is 0 Å². The van der Waals surface area contributed by atoms with Crippen molar-refractivity contribution >= 4 is 11.8 Å². The first-order chi connectivity index (χ1) is 11.7. The lowest BCUT2D eigenvalue weighted by molar-refractivity contribution is -0.117. The number of benzene rings is 1. The zero-order valence-electron chi connectivity index (χ0n) is 14.4. The van der Waals surface area contributed by atoms with Crippen LogP contribution in [0, 0.1) is 0 Å². The number of nitrogens with one attached hydrogen (secondary N) is 2. The monoisotopic (exact) mass is 330 g/mol. The van der Waals surface area contributed by atoms with Crippen molar-refractivity contribution in [3.63, 3.8) is 0 Å². The third-order valence-electron chi connectivity index (χ3n) is 3.23. The Hall–Kier alpha value is -2.56. The van der Waals surface area contributed by atoms with Crippen LogP contribution in [0.25, 0.3) is 0 Å². The lowest BCUT2D eigenvalue weighted by atomic mass is 10.2. The Morgan fingerprint density at radius 3 is 2.46 bits per heavy atom. The van der Waals surface area contributed by atoms with Crippen LogP contribution in [0.2, 0.25) is 0 Å². The molecule has 1 aromatic rings. The SMILES string of the molecule is CC=CC=CC(=O)NNC(=O)c1ccc(OCCCCCC)cc1. The third-order valence-corrected chi connectivity index (χ3v) is 3.23. The van der Waals surface area contributed by atoms with Crippen molar-refractivity contribution in [2.24, 2.45) is 0 Å². The van der Waals surface area contributed by atoms with Gasteiger partial charge in [-0.1, -0.05) is 44.4 Å². The Bertz CT molecular complexity index is 562. The van der Waals surface area contributed by atoms with Gasteiger partial charge in [0.05, 0.1) is 6.61 Å². The minimum absolute atomic E-state index is 0.378. The number of rotatable bonds is 9. The van der Waals surface area contributed by atoms with Gasteiger partial charge < -0.3 is 4.74 Å². The van der Waals surface area contributed by atoms with E-state index in [1.807, 2.05) is 6.92 Å². The van der Waals surface area contributed by atoms with E-state index in [4.69, 9.17) is 4.74 Å². The molecule has 0 heterocycles. The van der Waals surface area contributed by atoms with Crippen LogP contribution >= 0.6 is 0 Å². The van der Waals surface area contributed by atoms with Crippen LogP contribution in [0.1, 0.15) is 49.9 Å². The quantitative estimate of drug-likeness (QED) is 0.315. The molecule has 0 atom stereocenters. The molecule has 5 heteroatoms. The summed E-state index contributed by atoms with van der Waals surface area (Å²) in [5.74, 6) is -0.0351. The minimum atomic E-state index is -0.395. The van der Waals surface area contributed by atoms with Gasteiger partial charge in [0.15, 0.2) is 0 Å². The molecule has 0 aliphatic carbocycles. The van der Waals surface area contributed by atoms with Crippen molar-refractivity contribution in [1.29, 1.82) is 0 Å². The average molecular weight is 330 g/mol. The summed E-state index contributed by atoms with van der Waals surface area (Å²) in [6, 6.07) is 6.84. The van der Waals surface area contributed by atoms with Crippen molar-refractivity contribution in [3.05, 3.63) is 54.1 Å². The second-order valence-electron chi connectivity index (χ2n) is 5.26. The fourth-order valence-corrected chi connectivity index (χ4v) is 1.91. The van der Waals surface area contributed by atoms with Gasteiger partial charge in [-0.25, -0.2) is 0 Å². The maximum absolute atomic E-state index is 11.9. The number of ether oxygens (including phenoxy) is 1. The zero-order chi connectivity index (χ0) is 17.6. The van der Waals surface area contributed by atoms with Gasteiger partial charge in [-0.05, 0) is 37.6 Å². The Balaban J connectivity index is 2.36. The number of hydrogen-bond acceptors (Lipinski definition) is 3. The molecule has 130 valence electrons. The molecule has 24 heavy (non-hydrogen) atoms. The summed E-state index contributed by atoms with van der Waals surface area (Å²) in [6.07, 6.45) is 11.1. The molecular weight excluding hydrogens is 304 g/mol. The maximum Gasteiger partial charge on any atom is 0.269 e. The smallest absolute Gasteiger partial charge is 0.269 e. The topological polar surface area (TPSA) is 67.4 Å². The summed E-state index contributed by atoms with van der Waals surface area (Å²) >= 11 is 0. The van der Waals surface area contributed by atoms with E-state index in [-0.39, 0.29) is 5.91 Å². The van der Waals surface area contributed by atoms with E-state index in [0.717, 1.165) is 12.2 Å². The summed E-state index contributed by atoms with van der Waals surface area (Å²) < 4.78 is 5.62. The van der Waals surface area contributed by atoms with E-state index in [0.29, 0.717) is 12.2 Å². The largest absolute Gasteiger partial charge is 0.494 e. The number of unbranched alkanes of at least 4 members (excludes halogenated alkanes) is 3. The molecule has 0 unspecified atom stereocenters. The van der Waals surface area contributed by atoms with Gasteiger partial charge in [0.2, 0.25) is 0 Å². The van der Waals surface area contributed by atoms with Crippen LogP contribution in [0.15, 0.2) is 48.6 Å². The predicted molar refractivity (Wildman–Crippen MR) is 95.6 cm³/mol. The number of amides is 2. The van der Waals surface area contributed by atoms with E-state index in [1.165, 1.54) is 25.3 Å². The fourth-order valence-electron chi connectivity index (χ4n) is 1.91. The van der Waals surface area contributed by atoms with Gasteiger partial charge in [0.25, 0.3) is 11.8 Å². The van der Waals surface area contributed by atoms with Gasteiger partial charge in [0, 0.05) is 11.6 Å². The molecule has 0 aliphatic heterocycles. The molecule has 5 nitrogen and oxygen atoms in total. The number of hydrogen-bond donors (Lipinski definition) is 2. The highest BCUT2D eigenvalue weighted by Crippen LogP contribution is 2.13. The summed E-state index contributed by atoms with van der Waals surface area (Å²) in [7, 11) is 0. The molecule has 0 fully saturated rings. The van der Waals surface area contributed by atoms with Gasteiger partial charge in [0.1, 0.15) is 5.75 Å². The summed E-state index contributed by atoms with van der Waals surface area (Å²) in [6.45, 7) is 4.70. The standard InChI is InChI=1S/C19H26N2O3/c1-3-5-7-9-15-24-17-13-11-16(12-14-17)19(23)21-20-18(22)10-8-6-4-2/h4,6,8,10-14H,3,5,7,9,15H2,1-2H3,(H,20,22)(H,21,23). The molecule has 1 aromatic carbocycles. The minimum Gasteiger partial charge on any atom is -0.494 e. The van der Waals surface area contributed by atoms with Crippen molar-refractivity contribution in [3.8, 4) is 5.75 Å². The fraction of sp³-hybridized carbons (Fsp3) is 0.368. The second-order valence-corrected chi connectivity index (χ2v) is 5.26. The van der Waals surface area contributed by atoms with Crippen molar-refractivity contribution in [2.45, 2.75) is 39.5 Å². The molecule has 2 amide bonds. The zero-order valence-corrected chi connectivity index (χ0v) is 14.4. The Kier molecular flexibility index (Phi) is 9.69. The molecule has 0 aliphatic rings. The van der Waals surface area contributed by atoms with Gasteiger partial charge in [-0.2, -0.15) is 0 Å². The molecule has 1 rings (SSSR count). The highest BCUT2D eigenvalue weighted by Gasteiger charge is 2.06. The first-order valence-corrected chi connectivity index (χ1v) is 8.30. The van der Waals surface area contributed by atoms with Gasteiger partial charge in [-0.15, -0.1) is 0 Å². The Labute approximate surface area is 143 Å². The number of allylic oxidation sites excluding steroid dienone is 3. The van der Waals surface area contributed by atoms with E-state index in [2.05, 4.69) is 17.8 Å². The lowest BCUT2D eigenvalue weighted by Gasteiger charge is -2.08. The summed E-state index contributed by atoms with van der Waals surface area (Å²) in [5, 5.41) is 0. The number of hydrazine groups is 1. The lowest BCUT2D eigenvalue weighted by Crippen LogP contribution is -2.40. The Morgan fingerprint density at radius 1 is 1.04 bits per heavy atom. The molecule has 0 saturated heterocycles. The molecular formula is C19H26N2O3. The van der Waals surface area contributed by atoms with Crippen LogP contribution in [0.5, 0.6) is 5.75 Å². The normalized spacial score (nSPS) is 10.9. The first-order valence-electron chi connectivity index (χ1n) is 8.30. The highest BCUT2D eigenvalue weighted by molar-refractivity contribution is 5.96. The van der Waals surface area contributed by atoms with E-state index in [1.54, 1.807) is 42.5 Å². The van der Waals surface area contributed by atoms with Crippen LogP contribution in [-0.2, 0) is 4.79 Å². The molecule has 2 N–H and O–H groups in total. The van der Waals surface area contributed by atoms with Crippen molar-refractivity contribution in [1.82, 2.24) is 10.9 Å². The number of carbonyl (C=O) groups excluding carboxylic acids is 2. The van der Waals surface area contributed by atoms with Crippen molar-refractivity contribution in [2.75, 3.05) is 6.61 Å². The maximum atomic E-state index is 11.9. The first kappa shape index (κ1) is 19.5. The summed E-state index contributed by atoms with van der Waals surface area (Å²) in [5.41, 5.74) is 5.12. The van der Waals surface area contributed by atoms with Crippen LogP contribution < -0.4 is 15.6 Å². The average Bonchev–Trinajstić information content (AvgIpc) is 2.60. The van der Waals surface area contributed by atoms with Crippen molar-refractivity contribution < 1.29 is 14.3 Å². The van der Waals surface area contributed by atoms with E-state index in [9.17, 15) is 9.59 Å². The van der Waals surface area contributed by atoms with E-state index < -0.39 is 5.91 Å². The molecule has 0 spiro atoms. The predicted octanol–water partition coefficient (Wildman–Crippen LogP) is 3.54. The summed E-state index contributed by atoms with van der Waals surface area (Å²) in [4.78, 5) is 23.4. The highest BCUT2D eigenvalue weighted by atomic mass is 16.5. The van der Waals surface area contributed by atoms with Gasteiger partial charge >= 0.3 is 0 Å².